The van der Waals surface area contributed by atoms with Crippen LogP contribution in [0.15, 0.2) is 12.7 Å². The van der Waals surface area contributed by atoms with Gasteiger partial charge in [0.25, 0.3) is 10.1 Å². The van der Waals surface area contributed by atoms with Gasteiger partial charge in [0, 0.05) is 13.1 Å². The van der Waals surface area contributed by atoms with Crippen LogP contribution in [0, 0.1) is 0 Å². The fraction of sp³-hybridized carbons (Fsp3) is 0.625. The van der Waals surface area contributed by atoms with E-state index in [1.54, 1.807) is 0 Å². The first kappa shape index (κ1) is 11.2. The second-order valence-electron chi connectivity index (χ2n) is 3.20. The molecule has 0 radical (unpaired) electrons. The highest BCUT2D eigenvalue weighted by Crippen LogP contribution is 2.14. The van der Waals surface area contributed by atoms with Gasteiger partial charge < -0.3 is 4.90 Å². The first-order valence-corrected chi connectivity index (χ1v) is 6.03. The molecule has 6 heteroatoms. The number of carbonyl (C=O) groups excluding carboxylic acids is 1. The monoisotopic (exact) mass is 219 g/mol. The van der Waals surface area contributed by atoms with Gasteiger partial charge in [-0.3, -0.25) is 8.98 Å². The first-order chi connectivity index (χ1) is 6.42. The molecule has 1 amide bonds. The SMILES string of the molecule is C=CC(=O)N1CCC(OS(C)(=O)=O)C1. The van der Waals surface area contributed by atoms with Crippen LogP contribution in [0.3, 0.4) is 0 Å². The molecule has 0 aromatic rings. The Morgan fingerprint density at radius 1 is 1.64 bits per heavy atom. The molecule has 1 aliphatic heterocycles. The molecule has 14 heavy (non-hydrogen) atoms. The van der Waals surface area contributed by atoms with Crippen molar-refractivity contribution in [1.29, 1.82) is 0 Å². The van der Waals surface area contributed by atoms with Crippen molar-refractivity contribution in [2.24, 2.45) is 0 Å². The van der Waals surface area contributed by atoms with Crippen molar-refractivity contribution in [3.63, 3.8) is 0 Å². The van der Waals surface area contributed by atoms with Gasteiger partial charge in [-0.05, 0) is 12.5 Å². The summed E-state index contributed by atoms with van der Waals surface area (Å²) >= 11 is 0. The quantitative estimate of drug-likeness (QED) is 0.485. The number of rotatable bonds is 3. The number of carbonyl (C=O) groups is 1. The Kier molecular flexibility index (Phi) is 3.28. The maximum absolute atomic E-state index is 11.1. The minimum absolute atomic E-state index is 0.190. The predicted molar refractivity (Wildman–Crippen MR) is 51.1 cm³/mol. The Hall–Kier alpha value is -0.880. The molecule has 1 aliphatic rings. The number of nitrogens with zero attached hydrogens (tertiary/aromatic N) is 1. The Morgan fingerprint density at radius 3 is 2.79 bits per heavy atom. The third-order valence-electron chi connectivity index (χ3n) is 1.94. The van der Waals surface area contributed by atoms with Crippen LogP contribution in [-0.2, 0) is 19.1 Å². The molecule has 1 heterocycles. The molecule has 1 unspecified atom stereocenters. The zero-order valence-electron chi connectivity index (χ0n) is 7.97. The summed E-state index contributed by atoms with van der Waals surface area (Å²) in [6, 6.07) is 0. The largest absolute Gasteiger partial charge is 0.336 e. The summed E-state index contributed by atoms with van der Waals surface area (Å²) in [7, 11) is -3.43. The zero-order chi connectivity index (χ0) is 10.8. The van der Waals surface area contributed by atoms with Gasteiger partial charge in [-0.1, -0.05) is 6.58 Å². The maximum Gasteiger partial charge on any atom is 0.264 e. The first-order valence-electron chi connectivity index (χ1n) is 4.22. The molecule has 0 spiro atoms. The molecule has 0 aliphatic carbocycles. The van der Waals surface area contributed by atoms with Crippen LogP contribution >= 0.6 is 0 Å². The highest BCUT2D eigenvalue weighted by atomic mass is 32.2. The summed E-state index contributed by atoms with van der Waals surface area (Å²) in [5, 5.41) is 0. The van der Waals surface area contributed by atoms with E-state index in [1.165, 1.54) is 11.0 Å². The van der Waals surface area contributed by atoms with E-state index in [2.05, 4.69) is 6.58 Å². The van der Waals surface area contributed by atoms with E-state index >= 15 is 0 Å². The average molecular weight is 219 g/mol. The molecule has 0 saturated carbocycles. The highest BCUT2D eigenvalue weighted by Gasteiger charge is 2.27. The van der Waals surface area contributed by atoms with Crippen LogP contribution < -0.4 is 0 Å². The Labute approximate surface area is 83.5 Å². The predicted octanol–water partition coefficient (Wildman–Crippen LogP) is -0.250. The van der Waals surface area contributed by atoms with Crippen molar-refractivity contribution < 1.29 is 17.4 Å². The molecular weight excluding hydrogens is 206 g/mol. The smallest absolute Gasteiger partial charge is 0.264 e. The summed E-state index contributed by atoms with van der Waals surface area (Å²) in [4.78, 5) is 12.6. The average Bonchev–Trinajstić information content (AvgIpc) is 2.48. The summed E-state index contributed by atoms with van der Waals surface area (Å²) in [5.74, 6) is -0.190. The van der Waals surface area contributed by atoms with Gasteiger partial charge in [-0.25, -0.2) is 0 Å². The van der Waals surface area contributed by atoms with E-state index in [0.29, 0.717) is 19.5 Å². The molecule has 1 rings (SSSR count). The lowest BCUT2D eigenvalue weighted by Crippen LogP contribution is -2.29. The Morgan fingerprint density at radius 2 is 2.29 bits per heavy atom. The van der Waals surface area contributed by atoms with Gasteiger partial charge >= 0.3 is 0 Å². The minimum atomic E-state index is -3.43. The summed E-state index contributed by atoms with van der Waals surface area (Å²) in [6.45, 7) is 4.19. The lowest BCUT2D eigenvalue weighted by atomic mass is 10.3. The van der Waals surface area contributed by atoms with E-state index in [0.717, 1.165) is 6.26 Å². The molecule has 1 fully saturated rings. The summed E-state index contributed by atoms with van der Waals surface area (Å²) in [6.07, 6.45) is 2.36. The van der Waals surface area contributed by atoms with Crippen LogP contribution in [0.1, 0.15) is 6.42 Å². The maximum atomic E-state index is 11.1. The van der Waals surface area contributed by atoms with Crippen LogP contribution in [0.5, 0.6) is 0 Å². The summed E-state index contributed by atoms with van der Waals surface area (Å²) in [5.41, 5.74) is 0. The van der Waals surface area contributed by atoms with Gasteiger partial charge in [-0.15, -0.1) is 0 Å². The van der Waals surface area contributed by atoms with E-state index in [4.69, 9.17) is 4.18 Å². The summed E-state index contributed by atoms with van der Waals surface area (Å²) < 4.78 is 26.3. The normalized spacial score (nSPS) is 22.4. The molecule has 5 nitrogen and oxygen atoms in total. The zero-order valence-corrected chi connectivity index (χ0v) is 8.79. The van der Waals surface area contributed by atoms with E-state index in [1.807, 2.05) is 0 Å². The number of likely N-dealkylation sites (tertiary alicyclic amines) is 1. The van der Waals surface area contributed by atoms with Gasteiger partial charge in [0.15, 0.2) is 0 Å². The fourth-order valence-corrected chi connectivity index (χ4v) is 2.03. The van der Waals surface area contributed by atoms with Crippen molar-refractivity contribution in [2.75, 3.05) is 19.3 Å². The van der Waals surface area contributed by atoms with Crippen molar-refractivity contribution in [2.45, 2.75) is 12.5 Å². The lowest BCUT2D eigenvalue weighted by Gasteiger charge is -2.13. The van der Waals surface area contributed by atoms with Gasteiger partial charge in [-0.2, -0.15) is 8.42 Å². The van der Waals surface area contributed by atoms with Crippen molar-refractivity contribution in [1.82, 2.24) is 4.90 Å². The van der Waals surface area contributed by atoms with E-state index in [9.17, 15) is 13.2 Å². The third kappa shape index (κ3) is 3.12. The number of hydrogen-bond donors (Lipinski definition) is 0. The van der Waals surface area contributed by atoms with Gasteiger partial charge in [0.1, 0.15) is 0 Å². The molecule has 1 saturated heterocycles. The standard InChI is InChI=1S/C8H13NO4S/c1-3-8(10)9-5-4-7(6-9)13-14(2,11)12/h3,7H,1,4-6H2,2H3. The van der Waals surface area contributed by atoms with Crippen molar-refractivity contribution in [3.8, 4) is 0 Å². The molecule has 0 aromatic heterocycles. The van der Waals surface area contributed by atoms with Crippen LogP contribution in [0.4, 0.5) is 0 Å². The topological polar surface area (TPSA) is 63.7 Å². The van der Waals surface area contributed by atoms with Crippen molar-refractivity contribution in [3.05, 3.63) is 12.7 Å². The minimum Gasteiger partial charge on any atom is -0.336 e. The number of hydrogen-bond acceptors (Lipinski definition) is 4. The Balaban J connectivity index is 2.50. The molecular formula is C8H13NO4S. The second-order valence-corrected chi connectivity index (χ2v) is 4.80. The van der Waals surface area contributed by atoms with Gasteiger partial charge in [0.05, 0.1) is 12.4 Å². The fourth-order valence-electron chi connectivity index (χ4n) is 1.38. The molecule has 1 atom stereocenters. The molecule has 0 bridgehead atoms. The number of amides is 1. The molecule has 0 aromatic carbocycles. The Bertz CT molecular complexity index is 335. The van der Waals surface area contributed by atoms with Crippen LogP contribution in [0.25, 0.3) is 0 Å². The van der Waals surface area contributed by atoms with E-state index < -0.39 is 16.2 Å². The molecule has 0 N–H and O–H groups in total. The highest BCUT2D eigenvalue weighted by molar-refractivity contribution is 7.86. The van der Waals surface area contributed by atoms with E-state index in [-0.39, 0.29) is 5.91 Å². The van der Waals surface area contributed by atoms with Crippen LogP contribution in [-0.4, -0.2) is 44.7 Å². The lowest BCUT2D eigenvalue weighted by molar-refractivity contribution is -0.125. The van der Waals surface area contributed by atoms with Gasteiger partial charge in [0.2, 0.25) is 5.91 Å². The van der Waals surface area contributed by atoms with Crippen LogP contribution in [0.2, 0.25) is 0 Å². The molecule has 80 valence electrons. The van der Waals surface area contributed by atoms with Crippen molar-refractivity contribution >= 4 is 16.0 Å². The third-order valence-corrected chi connectivity index (χ3v) is 2.56. The second kappa shape index (κ2) is 4.10.